The molecule has 0 amide bonds. The first-order valence-corrected chi connectivity index (χ1v) is 12.1. The molecule has 0 atom stereocenters. The van der Waals surface area contributed by atoms with Crippen LogP contribution in [0, 0.1) is 0 Å². The minimum Gasteiger partial charge on any atom is -0.398 e. The van der Waals surface area contributed by atoms with E-state index >= 15 is 0 Å². The largest absolute Gasteiger partial charge is 0.398 e. The van der Waals surface area contributed by atoms with E-state index in [4.69, 9.17) is 5.73 Å². The Morgan fingerprint density at radius 1 is 0.314 bits per heavy atom. The van der Waals surface area contributed by atoms with Crippen molar-refractivity contribution in [2.75, 3.05) is 5.73 Å². The van der Waals surface area contributed by atoms with E-state index in [2.05, 4.69) is 103 Å². The average Bonchev–Trinajstić information content (AvgIpc) is 2.89. The van der Waals surface area contributed by atoms with Crippen LogP contribution in [0.3, 0.4) is 0 Å². The summed E-state index contributed by atoms with van der Waals surface area (Å²) in [4.78, 5) is 0. The summed E-state index contributed by atoms with van der Waals surface area (Å²) in [5, 5.41) is 20.6. The van der Waals surface area contributed by atoms with E-state index in [0.29, 0.717) is 0 Å². The molecule has 0 bridgehead atoms. The summed E-state index contributed by atoms with van der Waals surface area (Å²) in [6, 6.07) is 38.3. The number of rotatable bonds is 0. The maximum Gasteiger partial charge on any atom is 0.0400 e. The second kappa shape index (κ2) is 5.89. The Morgan fingerprint density at radius 2 is 0.829 bits per heavy atom. The zero-order valence-electron chi connectivity index (χ0n) is 18.9. The summed E-state index contributed by atoms with van der Waals surface area (Å²) >= 11 is 0. The molecule has 2 N–H and O–H groups in total. The first kappa shape index (κ1) is 17.8. The molecule has 1 nitrogen and oxygen atoms in total. The van der Waals surface area contributed by atoms with Gasteiger partial charge in [-0.25, -0.2) is 0 Å². The summed E-state index contributed by atoms with van der Waals surface area (Å²) in [7, 11) is 0. The first-order valence-electron chi connectivity index (χ1n) is 12.1. The van der Waals surface area contributed by atoms with Gasteiger partial charge in [0.15, 0.2) is 0 Å². The summed E-state index contributed by atoms with van der Waals surface area (Å²) in [6.07, 6.45) is 0. The summed E-state index contributed by atoms with van der Waals surface area (Å²) < 4.78 is 0. The number of hydrogen-bond donors (Lipinski definition) is 1. The molecule has 0 aliphatic carbocycles. The molecule has 0 heterocycles. The molecule has 9 aromatic carbocycles. The Hall–Kier alpha value is -4.62. The standard InChI is InChI=1S/C34H19N/c35-30-16-24-15-23-14-22-13-21-8-7-18-3-1-4-19-9-11-25(33(21)31(18)19)28(22)17-29(23)26-12-10-20-5-2-6-27(30)32(20)34(24)26/h1-17H,35H2. The van der Waals surface area contributed by atoms with Crippen LogP contribution in [0.15, 0.2) is 103 Å². The van der Waals surface area contributed by atoms with Crippen molar-refractivity contribution in [2.24, 2.45) is 0 Å². The van der Waals surface area contributed by atoms with Crippen molar-refractivity contribution in [3.8, 4) is 0 Å². The molecule has 0 spiro atoms. The lowest BCUT2D eigenvalue weighted by atomic mass is 9.87. The first-order chi connectivity index (χ1) is 17.2. The van der Waals surface area contributed by atoms with Crippen LogP contribution in [0.2, 0.25) is 0 Å². The van der Waals surface area contributed by atoms with Crippen LogP contribution in [0.25, 0.3) is 86.2 Å². The van der Waals surface area contributed by atoms with Crippen molar-refractivity contribution >= 4 is 91.9 Å². The van der Waals surface area contributed by atoms with E-state index in [0.717, 1.165) is 11.1 Å². The monoisotopic (exact) mass is 441 g/mol. The van der Waals surface area contributed by atoms with Crippen molar-refractivity contribution in [3.05, 3.63) is 103 Å². The predicted octanol–water partition coefficient (Wildman–Crippen LogP) is 9.37. The molecule has 0 aliphatic rings. The van der Waals surface area contributed by atoms with Crippen LogP contribution in [0.5, 0.6) is 0 Å². The number of nitrogen functional groups attached to an aromatic ring is 1. The van der Waals surface area contributed by atoms with Crippen molar-refractivity contribution < 1.29 is 0 Å². The maximum absolute atomic E-state index is 6.52. The highest BCUT2D eigenvalue weighted by Gasteiger charge is 2.16. The smallest absolute Gasteiger partial charge is 0.0400 e. The van der Waals surface area contributed by atoms with Gasteiger partial charge in [0.2, 0.25) is 0 Å². The quantitative estimate of drug-likeness (QED) is 0.142. The summed E-state index contributed by atoms with van der Waals surface area (Å²) in [6.45, 7) is 0. The van der Waals surface area contributed by atoms with Gasteiger partial charge in [0.1, 0.15) is 0 Å². The van der Waals surface area contributed by atoms with Gasteiger partial charge >= 0.3 is 0 Å². The molecule has 160 valence electrons. The molecule has 9 rings (SSSR count). The van der Waals surface area contributed by atoms with E-state index in [9.17, 15) is 0 Å². The molecule has 0 radical (unpaired) electrons. The van der Waals surface area contributed by atoms with Gasteiger partial charge in [0.05, 0.1) is 0 Å². The second-order valence-electron chi connectivity index (χ2n) is 9.98. The van der Waals surface area contributed by atoms with Crippen LogP contribution in [0.4, 0.5) is 5.69 Å². The summed E-state index contributed by atoms with van der Waals surface area (Å²) in [5.41, 5.74) is 7.37. The Kier molecular flexibility index (Phi) is 3.00. The van der Waals surface area contributed by atoms with E-state index < -0.39 is 0 Å². The zero-order valence-corrected chi connectivity index (χ0v) is 18.9. The maximum atomic E-state index is 6.52. The SMILES string of the molecule is Nc1cc2cc3cc4cc5ccc6cccc7ccc(c4cc3c3ccc4cccc1c4c23)c5c67. The van der Waals surface area contributed by atoms with Crippen LogP contribution >= 0.6 is 0 Å². The van der Waals surface area contributed by atoms with Crippen LogP contribution < -0.4 is 5.73 Å². The Bertz CT molecular complexity index is 2310. The van der Waals surface area contributed by atoms with Gasteiger partial charge in [0.25, 0.3) is 0 Å². The predicted molar refractivity (Wildman–Crippen MR) is 153 cm³/mol. The summed E-state index contributed by atoms with van der Waals surface area (Å²) in [5.74, 6) is 0. The van der Waals surface area contributed by atoms with E-state index in [1.54, 1.807) is 0 Å². The topological polar surface area (TPSA) is 26.0 Å². The second-order valence-corrected chi connectivity index (χ2v) is 9.98. The van der Waals surface area contributed by atoms with E-state index in [1.165, 1.54) is 80.8 Å². The van der Waals surface area contributed by atoms with Gasteiger partial charge in [-0.2, -0.15) is 0 Å². The minimum absolute atomic E-state index is 0.846. The fourth-order valence-corrected chi connectivity index (χ4v) is 6.70. The van der Waals surface area contributed by atoms with Gasteiger partial charge in [-0.1, -0.05) is 72.8 Å². The number of anilines is 1. The van der Waals surface area contributed by atoms with Gasteiger partial charge in [0, 0.05) is 11.1 Å². The van der Waals surface area contributed by atoms with E-state index in [-0.39, 0.29) is 0 Å². The van der Waals surface area contributed by atoms with Gasteiger partial charge < -0.3 is 5.73 Å². The van der Waals surface area contributed by atoms with Crippen molar-refractivity contribution in [3.63, 3.8) is 0 Å². The third-order valence-corrected chi connectivity index (χ3v) is 8.19. The average molecular weight is 442 g/mol. The lowest BCUT2D eigenvalue weighted by Gasteiger charge is -2.17. The molecule has 0 aromatic heterocycles. The lowest BCUT2D eigenvalue weighted by molar-refractivity contribution is 1.78. The van der Waals surface area contributed by atoms with Gasteiger partial charge in [-0.15, -0.1) is 0 Å². The lowest BCUT2D eigenvalue weighted by Crippen LogP contribution is -1.92. The molecule has 9 aromatic rings. The highest BCUT2D eigenvalue weighted by molar-refractivity contribution is 6.34. The molecular formula is C34H19N. The fourth-order valence-electron chi connectivity index (χ4n) is 6.70. The van der Waals surface area contributed by atoms with Crippen LogP contribution in [0.1, 0.15) is 0 Å². The van der Waals surface area contributed by atoms with Crippen molar-refractivity contribution in [1.82, 2.24) is 0 Å². The van der Waals surface area contributed by atoms with Crippen LogP contribution in [-0.2, 0) is 0 Å². The van der Waals surface area contributed by atoms with Crippen LogP contribution in [-0.4, -0.2) is 0 Å². The Morgan fingerprint density at radius 3 is 1.57 bits per heavy atom. The normalized spacial score (nSPS) is 12.7. The van der Waals surface area contributed by atoms with E-state index in [1.807, 2.05) is 0 Å². The van der Waals surface area contributed by atoms with Crippen molar-refractivity contribution in [1.29, 1.82) is 0 Å². The third-order valence-electron chi connectivity index (χ3n) is 8.19. The number of benzene rings is 9. The molecule has 0 saturated heterocycles. The van der Waals surface area contributed by atoms with Gasteiger partial charge in [-0.3, -0.25) is 0 Å². The van der Waals surface area contributed by atoms with Crippen molar-refractivity contribution in [2.45, 2.75) is 0 Å². The molecule has 0 saturated carbocycles. The number of nitrogens with two attached hydrogens (primary N) is 1. The number of fused-ring (bicyclic) bond motifs is 4. The van der Waals surface area contributed by atoms with Gasteiger partial charge in [-0.05, 0) is 111 Å². The highest BCUT2D eigenvalue weighted by Crippen LogP contribution is 2.44. The molecule has 1 heteroatoms. The highest BCUT2D eigenvalue weighted by atomic mass is 14.6. The fraction of sp³-hybridized carbons (Fsp3) is 0. The Balaban J connectivity index is 1.53. The molecular weight excluding hydrogens is 422 g/mol. The molecule has 0 fully saturated rings. The third kappa shape index (κ3) is 2.10. The minimum atomic E-state index is 0.846. The molecule has 35 heavy (non-hydrogen) atoms. The molecule has 0 aliphatic heterocycles. The Labute approximate surface area is 200 Å². The molecule has 0 unspecified atom stereocenters. The number of hydrogen-bond acceptors (Lipinski definition) is 1. The zero-order chi connectivity index (χ0) is 22.8.